The summed E-state index contributed by atoms with van der Waals surface area (Å²) in [6, 6.07) is 25.6. The Hall–Kier alpha value is -4.31. The van der Waals surface area contributed by atoms with Gasteiger partial charge in [0, 0.05) is 22.8 Å². The van der Waals surface area contributed by atoms with Crippen molar-refractivity contribution < 1.29 is 27.0 Å². The van der Waals surface area contributed by atoms with Crippen LogP contribution in [0.5, 0.6) is 0 Å². The lowest BCUT2D eigenvalue weighted by molar-refractivity contribution is -0.117. The maximum absolute atomic E-state index is 13.9. The van der Waals surface area contributed by atoms with Gasteiger partial charge in [-0.1, -0.05) is 93.1 Å². The Balaban J connectivity index is 1.58. The Kier molecular flexibility index (Phi) is 11.2. The van der Waals surface area contributed by atoms with Crippen LogP contribution in [0.15, 0.2) is 97.1 Å². The van der Waals surface area contributed by atoms with Gasteiger partial charge in [0.05, 0.1) is 11.7 Å². The highest BCUT2D eigenvalue weighted by atomic mass is 35.5. The van der Waals surface area contributed by atoms with Crippen LogP contribution in [0.1, 0.15) is 53.7 Å². The van der Waals surface area contributed by atoms with Crippen molar-refractivity contribution in [2.45, 2.75) is 33.1 Å². The molecule has 0 aromatic heterocycles. The van der Waals surface area contributed by atoms with Gasteiger partial charge in [-0.2, -0.15) is 8.42 Å². The van der Waals surface area contributed by atoms with E-state index in [-0.39, 0.29) is 23.7 Å². The predicted molar refractivity (Wildman–Crippen MR) is 182 cm³/mol. The molecule has 10 heteroatoms. The standard InChI is InChI=1S/C36H36ClFN2O5S/c1-36(2,3)17-16-24-4-8-27(9-5-24)33(20-25-6-10-28(11-7-25)34(41)39-18-19-46(43,44)45)35(42)40-32-22-29(21-30(37)23-32)26-12-14-31(38)15-13-26/h4-17,21-23,33H,18-20H2,1-3H3,(H,39,41)(H,40,42)(H,43,44,45). The molecule has 4 aromatic carbocycles. The average Bonchev–Trinajstić information content (AvgIpc) is 2.98. The zero-order valence-corrected chi connectivity index (χ0v) is 27.3. The first-order valence-electron chi connectivity index (χ1n) is 14.6. The normalized spacial score (nSPS) is 12.6. The lowest BCUT2D eigenvalue weighted by Crippen LogP contribution is -2.28. The molecule has 0 aliphatic rings. The molecule has 2 amide bonds. The van der Waals surface area contributed by atoms with Gasteiger partial charge in [-0.05, 0) is 82.1 Å². The largest absolute Gasteiger partial charge is 0.351 e. The van der Waals surface area contributed by atoms with Crippen molar-refractivity contribution in [3.05, 3.63) is 130 Å². The fraction of sp³-hybridized carbons (Fsp3) is 0.222. The molecule has 0 aliphatic heterocycles. The van der Waals surface area contributed by atoms with Gasteiger partial charge < -0.3 is 10.6 Å². The van der Waals surface area contributed by atoms with E-state index >= 15 is 0 Å². The summed E-state index contributed by atoms with van der Waals surface area (Å²) in [7, 11) is -4.19. The van der Waals surface area contributed by atoms with E-state index in [4.69, 9.17) is 16.2 Å². The van der Waals surface area contributed by atoms with Gasteiger partial charge in [0.1, 0.15) is 5.82 Å². The molecule has 1 unspecified atom stereocenters. The third-order valence-electron chi connectivity index (χ3n) is 7.08. The van der Waals surface area contributed by atoms with Crippen LogP contribution in [0.3, 0.4) is 0 Å². The topological polar surface area (TPSA) is 113 Å². The van der Waals surface area contributed by atoms with E-state index < -0.39 is 27.7 Å². The number of halogens is 2. The molecule has 4 aromatic rings. The number of carbonyl (C=O) groups excluding carboxylic acids is 2. The molecule has 1 atom stereocenters. The Labute approximate surface area is 274 Å². The molecule has 7 nitrogen and oxygen atoms in total. The summed E-state index contributed by atoms with van der Waals surface area (Å²) < 4.78 is 44.2. The minimum Gasteiger partial charge on any atom is -0.351 e. The van der Waals surface area contributed by atoms with E-state index in [1.165, 1.54) is 12.1 Å². The summed E-state index contributed by atoms with van der Waals surface area (Å²) in [4.78, 5) is 26.3. The third-order valence-corrected chi connectivity index (χ3v) is 8.01. The molecule has 3 N–H and O–H groups in total. The van der Waals surface area contributed by atoms with Crippen molar-refractivity contribution in [2.75, 3.05) is 17.6 Å². The molecule has 0 spiro atoms. The van der Waals surface area contributed by atoms with Gasteiger partial charge in [0.2, 0.25) is 5.91 Å². The minimum absolute atomic E-state index is 0.0183. The van der Waals surface area contributed by atoms with Crippen molar-refractivity contribution in [3.8, 4) is 11.1 Å². The first-order chi connectivity index (χ1) is 21.6. The molecule has 4 rings (SSSR count). The maximum atomic E-state index is 13.9. The highest BCUT2D eigenvalue weighted by Gasteiger charge is 2.22. The summed E-state index contributed by atoms with van der Waals surface area (Å²) in [6.07, 6.45) is 4.48. The average molecular weight is 663 g/mol. The highest BCUT2D eigenvalue weighted by molar-refractivity contribution is 7.85. The maximum Gasteiger partial charge on any atom is 0.266 e. The van der Waals surface area contributed by atoms with Crippen molar-refractivity contribution >= 4 is 45.3 Å². The van der Waals surface area contributed by atoms with Crippen LogP contribution in [-0.2, 0) is 21.3 Å². The lowest BCUT2D eigenvalue weighted by atomic mass is 9.89. The second-order valence-corrected chi connectivity index (χ2v) is 14.1. The van der Waals surface area contributed by atoms with Crippen LogP contribution >= 0.6 is 11.6 Å². The molecule has 0 heterocycles. The number of amides is 2. The molecule has 0 saturated heterocycles. The van der Waals surface area contributed by atoms with Gasteiger partial charge >= 0.3 is 0 Å². The molecule has 0 saturated carbocycles. The van der Waals surface area contributed by atoms with E-state index in [2.05, 4.69) is 37.5 Å². The molecule has 0 radical (unpaired) electrons. The first kappa shape index (κ1) is 34.6. The second kappa shape index (κ2) is 14.9. The highest BCUT2D eigenvalue weighted by Crippen LogP contribution is 2.30. The number of hydrogen-bond donors (Lipinski definition) is 3. The Bertz CT molecular complexity index is 1820. The molecule has 46 heavy (non-hydrogen) atoms. The predicted octanol–water partition coefficient (Wildman–Crippen LogP) is 7.79. The van der Waals surface area contributed by atoms with E-state index in [0.717, 1.165) is 27.8 Å². The number of nitrogens with one attached hydrogen (secondary N) is 2. The second-order valence-electron chi connectivity index (χ2n) is 12.1. The van der Waals surface area contributed by atoms with Crippen LogP contribution in [0.2, 0.25) is 5.02 Å². The fourth-order valence-electron chi connectivity index (χ4n) is 4.67. The van der Waals surface area contributed by atoms with Crippen molar-refractivity contribution in [3.63, 3.8) is 0 Å². The number of benzene rings is 4. The molecule has 0 bridgehead atoms. The number of allylic oxidation sites excluding steroid dienone is 1. The summed E-state index contributed by atoms with van der Waals surface area (Å²) in [5.74, 6) is -2.30. The summed E-state index contributed by atoms with van der Waals surface area (Å²) in [5.41, 5.74) is 4.87. The van der Waals surface area contributed by atoms with Crippen LogP contribution in [-0.4, -0.2) is 37.1 Å². The molecular formula is C36H36ClFN2O5S. The van der Waals surface area contributed by atoms with Crippen molar-refractivity contribution in [1.82, 2.24) is 5.32 Å². The minimum atomic E-state index is -4.19. The Morgan fingerprint density at radius 1 is 0.913 bits per heavy atom. The number of anilines is 1. The zero-order valence-electron chi connectivity index (χ0n) is 25.8. The summed E-state index contributed by atoms with van der Waals surface area (Å²) >= 11 is 6.41. The SMILES string of the molecule is CC(C)(C)C=Cc1ccc(C(Cc2ccc(C(=O)NCCS(=O)(=O)O)cc2)C(=O)Nc2cc(Cl)cc(-c3ccc(F)cc3)c2)cc1. The third kappa shape index (κ3) is 10.7. The summed E-state index contributed by atoms with van der Waals surface area (Å²) in [5, 5.41) is 5.87. The Morgan fingerprint density at radius 2 is 1.57 bits per heavy atom. The van der Waals surface area contributed by atoms with Crippen LogP contribution in [0.25, 0.3) is 17.2 Å². The van der Waals surface area contributed by atoms with Crippen LogP contribution in [0.4, 0.5) is 10.1 Å². The van der Waals surface area contributed by atoms with E-state index in [0.29, 0.717) is 22.7 Å². The van der Waals surface area contributed by atoms with Gasteiger partial charge in [0.15, 0.2) is 0 Å². The van der Waals surface area contributed by atoms with Gasteiger partial charge in [-0.25, -0.2) is 4.39 Å². The van der Waals surface area contributed by atoms with Gasteiger partial charge in [-0.3, -0.25) is 14.1 Å². The monoisotopic (exact) mass is 662 g/mol. The molecular weight excluding hydrogens is 627 g/mol. The smallest absolute Gasteiger partial charge is 0.266 e. The number of hydrogen-bond acceptors (Lipinski definition) is 4. The fourth-order valence-corrected chi connectivity index (χ4v) is 5.27. The van der Waals surface area contributed by atoms with Gasteiger partial charge in [0.25, 0.3) is 16.0 Å². The molecule has 0 fully saturated rings. The Morgan fingerprint density at radius 3 is 2.17 bits per heavy atom. The van der Waals surface area contributed by atoms with E-state index in [1.807, 2.05) is 30.3 Å². The van der Waals surface area contributed by atoms with Gasteiger partial charge in [-0.15, -0.1) is 0 Å². The zero-order chi connectivity index (χ0) is 33.5. The van der Waals surface area contributed by atoms with Crippen molar-refractivity contribution in [2.24, 2.45) is 5.41 Å². The van der Waals surface area contributed by atoms with E-state index in [1.54, 1.807) is 54.6 Å². The lowest BCUT2D eigenvalue weighted by Gasteiger charge is -2.19. The molecule has 0 aliphatic carbocycles. The van der Waals surface area contributed by atoms with Crippen molar-refractivity contribution in [1.29, 1.82) is 0 Å². The van der Waals surface area contributed by atoms with Crippen LogP contribution < -0.4 is 10.6 Å². The quantitative estimate of drug-likeness (QED) is 0.142. The molecule has 240 valence electrons. The van der Waals surface area contributed by atoms with E-state index in [9.17, 15) is 22.4 Å². The van der Waals surface area contributed by atoms with Crippen LogP contribution in [0, 0.1) is 11.2 Å². The number of rotatable bonds is 11. The first-order valence-corrected chi connectivity index (χ1v) is 16.6. The summed E-state index contributed by atoms with van der Waals surface area (Å²) in [6.45, 7) is 6.12. The number of carbonyl (C=O) groups is 2.